The van der Waals surface area contributed by atoms with Crippen molar-refractivity contribution in [3.63, 3.8) is 0 Å². The molecule has 0 unspecified atom stereocenters. The van der Waals surface area contributed by atoms with Crippen molar-refractivity contribution in [3.05, 3.63) is 42.5 Å². The fraction of sp³-hybridized carbons (Fsp3) is 0.0909. The predicted octanol–water partition coefficient (Wildman–Crippen LogP) is 2.21. The molecule has 1 heterocycles. The molecule has 4 heteroatoms. The van der Waals surface area contributed by atoms with Crippen molar-refractivity contribution in [1.82, 2.24) is 9.78 Å². The molecule has 3 nitrogen and oxygen atoms in total. The Labute approximate surface area is 86.4 Å². The molecule has 0 fully saturated rings. The van der Waals surface area contributed by atoms with Crippen molar-refractivity contribution in [2.24, 2.45) is 0 Å². The zero-order valence-electron chi connectivity index (χ0n) is 7.89. The van der Waals surface area contributed by atoms with Gasteiger partial charge in [-0.25, -0.2) is 4.39 Å². The molecule has 74 valence electrons. The number of nitriles is 1. The third-order valence-corrected chi connectivity index (χ3v) is 2.04. The van der Waals surface area contributed by atoms with E-state index in [0.717, 1.165) is 11.1 Å². The normalized spacial score (nSPS) is 9.87. The highest BCUT2D eigenvalue weighted by atomic mass is 19.1. The minimum Gasteiger partial charge on any atom is -0.258 e. The van der Waals surface area contributed by atoms with Gasteiger partial charge in [0.15, 0.2) is 0 Å². The number of nitrogens with zero attached hydrogens (tertiary/aromatic N) is 3. The van der Waals surface area contributed by atoms with Gasteiger partial charge in [-0.05, 0) is 17.7 Å². The van der Waals surface area contributed by atoms with Crippen LogP contribution in [-0.4, -0.2) is 9.78 Å². The van der Waals surface area contributed by atoms with Crippen LogP contribution in [0.1, 0.15) is 0 Å². The van der Waals surface area contributed by atoms with Gasteiger partial charge in [0.2, 0.25) is 0 Å². The molecule has 15 heavy (non-hydrogen) atoms. The van der Waals surface area contributed by atoms with E-state index >= 15 is 0 Å². The monoisotopic (exact) mass is 201 g/mol. The third kappa shape index (κ3) is 2.02. The molecular formula is C11H8FN3. The summed E-state index contributed by atoms with van der Waals surface area (Å²) >= 11 is 0. The predicted molar refractivity (Wildman–Crippen MR) is 53.2 cm³/mol. The van der Waals surface area contributed by atoms with Gasteiger partial charge in [-0.1, -0.05) is 12.1 Å². The van der Waals surface area contributed by atoms with Crippen LogP contribution in [0.15, 0.2) is 36.7 Å². The van der Waals surface area contributed by atoms with Gasteiger partial charge in [0.1, 0.15) is 12.4 Å². The van der Waals surface area contributed by atoms with E-state index in [1.165, 1.54) is 12.1 Å². The molecule has 0 radical (unpaired) electrons. The molecule has 0 bridgehead atoms. The molecule has 1 aromatic heterocycles. The standard InChI is InChI=1S/C11H8FN3/c12-11-3-1-9(2-4-11)10-7-14-15(8-10)6-5-13/h1-4,7-8H,6H2. The third-order valence-electron chi connectivity index (χ3n) is 2.04. The van der Waals surface area contributed by atoms with Gasteiger partial charge in [0.25, 0.3) is 0 Å². The van der Waals surface area contributed by atoms with Gasteiger partial charge >= 0.3 is 0 Å². The second kappa shape index (κ2) is 3.93. The molecule has 0 saturated carbocycles. The Morgan fingerprint density at radius 2 is 2.00 bits per heavy atom. The van der Waals surface area contributed by atoms with E-state index in [9.17, 15) is 4.39 Å². The first-order valence-corrected chi connectivity index (χ1v) is 4.45. The second-order valence-corrected chi connectivity index (χ2v) is 3.09. The lowest BCUT2D eigenvalue weighted by Crippen LogP contribution is -1.93. The Kier molecular flexibility index (Phi) is 2.46. The molecule has 0 amide bonds. The van der Waals surface area contributed by atoms with Gasteiger partial charge < -0.3 is 0 Å². The number of hydrogen-bond acceptors (Lipinski definition) is 2. The summed E-state index contributed by atoms with van der Waals surface area (Å²) in [7, 11) is 0. The van der Waals surface area contributed by atoms with Gasteiger partial charge in [-0.3, -0.25) is 4.68 Å². The largest absolute Gasteiger partial charge is 0.258 e. The van der Waals surface area contributed by atoms with Crippen molar-refractivity contribution in [1.29, 1.82) is 5.26 Å². The summed E-state index contributed by atoms with van der Waals surface area (Å²) in [6.45, 7) is 0.223. The maximum absolute atomic E-state index is 12.7. The maximum atomic E-state index is 12.7. The molecule has 0 aliphatic heterocycles. The highest BCUT2D eigenvalue weighted by Gasteiger charge is 2.01. The average molecular weight is 201 g/mol. The van der Waals surface area contributed by atoms with E-state index in [2.05, 4.69) is 5.10 Å². The van der Waals surface area contributed by atoms with Crippen molar-refractivity contribution < 1.29 is 4.39 Å². The van der Waals surface area contributed by atoms with Crippen LogP contribution in [0, 0.1) is 17.1 Å². The molecule has 1 aromatic carbocycles. The lowest BCUT2D eigenvalue weighted by Gasteiger charge is -1.95. The Morgan fingerprint density at radius 1 is 1.27 bits per heavy atom. The number of rotatable bonds is 2. The molecule has 0 saturated heterocycles. The fourth-order valence-corrected chi connectivity index (χ4v) is 1.31. The number of halogens is 1. The van der Waals surface area contributed by atoms with Crippen LogP contribution in [0.2, 0.25) is 0 Å². The van der Waals surface area contributed by atoms with Crippen LogP contribution in [0.3, 0.4) is 0 Å². The van der Waals surface area contributed by atoms with E-state index in [-0.39, 0.29) is 12.4 Å². The SMILES string of the molecule is N#CCn1cc(-c2ccc(F)cc2)cn1. The molecule has 0 spiro atoms. The highest BCUT2D eigenvalue weighted by Crippen LogP contribution is 2.18. The van der Waals surface area contributed by atoms with E-state index < -0.39 is 0 Å². The Bertz CT molecular complexity index is 493. The van der Waals surface area contributed by atoms with Crippen molar-refractivity contribution >= 4 is 0 Å². The first-order valence-electron chi connectivity index (χ1n) is 4.45. The Morgan fingerprint density at radius 3 is 2.67 bits per heavy atom. The summed E-state index contributed by atoms with van der Waals surface area (Å²) in [5.74, 6) is -0.261. The van der Waals surface area contributed by atoms with Gasteiger partial charge in [0, 0.05) is 11.8 Å². The van der Waals surface area contributed by atoms with Crippen LogP contribution in [0.5, 0.6) is 0 Å². The average Bonchev–Trinajstić information content (AvgIpc) is 2.68. The van der Waals surface area contributed by atoms with Gasteiger partial charge in [-0.15, -0.1) is 0 Å². The topological polar surface area (TPSA) is 41.6 Å². The van der Waals surface area contributed by atoms with Crippen molar-refractivity contribution in [2.75, 3.05) is 0 Å². The van der Waals surface area contributed by atoms with E-state index in [1.807, 2.05) is 6.07 Å². The van der Waals surface area contributed by atoms with Crippen LogP contribution < -0.4 is 0 Å². The van der Waals surface area contributed by atoms with E-state index in [1.54, 1.807) is 29.2 Å². The highest BCUT2D eigenvalue weighted by molar-refractivity contribution is 5.61. The summed E-state index contributed by atoms with van der Waals surface area (Å²) < 4.78 is 14.2. The minimum absolute atomic E-state index is 0.223. The number of aromatic nitrogens is 2. The Balaban J connectivity index is 2.30. The summed E-state index contributed by atoms with van der Waals surface area (Å²) in [5.41, 5.74) is 1.77. The molecule has 0 aliphatic carbocycles. The number of benzene rings is 1. The van der Waals surface area contributed by atoms with Crippen LogP contribution in [-0.2, 0) is 6.54 Å². The number of hydrogen-bond donors (Lipinski definition) is 0. The molecule has 0 N–H and O–H groups in total. The zero-order valence-corrected chi connectivity index (χ0v) is 7.89. The summed E-state index contributed by atoms with van der Waals surface area (Å²) in [6.07, 6.45) is 3.42. The quantitative estimate of drug-likeness (QED) is 0.747. The first kappa shape index (κ1) is 9.41. The smallest absolute Gasteiger partial charge is 0.128 e. The molecule has 2 rings (SSSR count). The Hall–Kier alpha value is -2.15. The first-order chi connectivity index (χ1) is 7.29. The lowest BCUT2D eigenvalue weighted by atomic mass is 10.1. The maximum Gasteiger partial charge on any atom is 0.128 e. The minimum atomic E-state index is -0.261. The summed E-state index contributed by atoms with van der Waals surface area (Å²) in [4.78, 5) is 0. The molecular weight excluding hydrogens is 193 g/mol. The van der Waals surface area contributed by atoms with Crippen LogP contribution in [0.25, 0.3) is 11.1 Å². The molecule has 0 aliphatic rings. The van der Waals surface area contributed by atoms with E-state index in [4.69, 9.17) is 5.26 Å². The van der Waals surface area contributed by atoms with Crippen LogP contribution in [0.4, 0.5) is 4.39 Å². The fourth-order valence-electron chi connectivity index (χ4n) is 1.31. The second-order valence-electron chi connectivity index (χ2n) is 3.09. The van der Waals surface area contributed by atoms with E-state index in [0.29, 0.717) is 0 Å². The summed E-state index contributed by atoms with van der Waals surface area (Å²) in [5, 5.41) is 12.5. The van der Waals surface area contributed by atoms with Gasteiger partial charge in [-0.2, -0.15) is 10.4 Å². The zero-order chi connectivity index (χ0) is 10.7. The molecule has 0 atom stereocenters. The van der Waals surface area contributed by atoms with Crippen molar-refractivity contribution in [2.45, 2.75) is 6.54 Å². The lowest BCUT2D eigenvalue weighted by molar-refractivity contribution is 0.628. The van der Waals surface area contributed by atoms with Crippen molar-refractivity contribution in [3.8, 4) is 17.2 Å². The summed E-state index contributed by atoms with van der Waals surface area (Å²) in [6, 6.07) is 8.17. The molecule has 2 aromatic rings. The van der Waals surface area contributed by atoms with Gasteiger partial charge in [0.05, 0.1) is 12.3 Å². The van der Waals surface area contributed by atoms with Crippen LogP contribution >= 0.6 is 0 Å².